The van der Waals surface area contributed by atoms with Crippen molar-refractivity contribution in [1.29, 1.82) is 0 Å². The van der Waals surface area contributed by atoms with Gasteiger partial charge in [-0.25, -0.2) is 0 Å². The highest BCUT2D eigenvalue weighted by Gasteiger charge is 2.30. The van der Waals surface area contributed by atoms with E-state index in [0.29, 0.717) is 41.8 Å². The molecule has 6 heteroatoms. The van der Waals surface area contributed by atoms with Crippen molar-refractivity contribution in [2.75, 3.05) is 6.54 Å². The molecule has 3 aromatic carbocycles. The lowest BCUT2D eigenvalue weighted by molar-refractivity contribution is -0.141. The molecule has 196 valence electrons. The smallest absolute Gasteiger partial charge is 0.243 e. The highest BCUT2D eigenvalue weighted by Crippen LogP contribution is 2.25. The Balaban J connectivity index is 1.88. The van der Waals surface area contributed by atoms with Crippen LogP contribution in [-0.2, 0) is 29.0 Å². The van der Waals surface area contributed by atoms with Crippen LogP contribution >= 0.6 is 23.2 Å². The van der Waals surface area contributed by atoms with Crippen molar-refractivity contribution in [3.63, 3.8) is 0 Å². The Morgan fingerprint density at radius 3 is 2.16 bits per heavy atom. The lowest BCUT2D eigenvalue weighted by atomic mass is 9.99. The first kappa shape index (κ1) is 28.7. The Bertz CT molecular complexity index is 1160. The Morgan fingerprint density at radius 2 is 1.54 bits per heavy atom. The van der Waals surface area contributed by atoms with Crippen LogP contribution in [0.4, 0.5) is 0 Å². The van der Waals surface area contributed by atoms with Crippen LogP contribution in [0, 0.1) is 0 Å². The summed E-state index contributed by atoms with van der Waals surface area (Å²) in [5.41, 5.74) is 4.19. The van der Waals surface area contributed by atoms with Gasteiger partial charge in [0.15, 0.2) is 0 Å². The molecule has 0 saturated heterocycles. The Hall–Kier alpha value is -2.82. The Morgan fingerprint density at radius 1 is 0.865 bits per heavy atom. The molecule has 0 aromatic heterocycles. The van der Waals surface area contributed by atoms with Gasteiger partial charge in [-0.1, -0.05) is 105 Å². The van der Waals surface area contributed by atoms with Gasteiger partial charge < -0.3 is 10.2 Å². The highest BCUT2D eigenvalue weighted by molar-refractivity contribution is 6.42. The number of benzene rings is 3. The molecule has 0 spiro atoms. The molecule has 0 aliphatic carbocycles. The van der Waals surface area contributed by atoms with E-state index < -0.39 is 6.04 Å². The average Bonchev–Trinajstić information content (AvgIpc) is 2.90. The van der Waals surface area contributed by atoms with Crippen LogP contribution in [0.3, 0.4) is 0 Å². The number of amides is 2. The first-order chi connectivity index (χ1) is 17.8. The third-order valence-electron chi connectivity index (χ3n) is 6.43. The minimum atomic E-state index is -0.653. The van der Waals surface area contributed by atoms with Gasteiger partial charge in [0.05, 0.1) is 10.0 Å². The summed E-state index contributed by atoms with van der Waals surface area (Å²) < 4.78 is 0. The second-order valence-corrected chi connectivity index (χ2v) is 10.5. The van der Waals surface area contributed by atoms with Crippen LogP contribution in [-0.4, -0.2) is 29.3 Å². The third-order valence-corrected chi connectivity index (χ3v) is 7.17. The number of carbonyl (C=O) groups excluding carboxylic acids is 2. The average molecular weight is 540 g/mol. The monoisotopic (exact) mass is 538 g/mol. The molecule has 0 saturated carbocycles. The number of rotatable bonds is 12. The zero-order chi connectivity index (χ0) is 26.8. The molecule has 4 nitrogen and oxygen atoms in total. The van der Waals surface area contributed by atoms with Gasteiger partial charge in [0.1, 0.15) is 6.04 Å². The zero-order valence-corrected chi connectivity index (χ0v) is 23.4. The van der Waals surface area contributed by atoms with Crippen LogP contribution in [0.2, 0.25) is 10.0 Å². The van der Waals surface area contributed by atoms with Crippen LogP contribution in [0.15, 0.2) is 72.8 Å². The predicted octanol–water partition coefficient (Wildman–Crippen LogP) is 7.22. The molecule has 1 N–H and O–H groups in total. The summed E-state index contributed by atoms with van der Waals surface area (Å²) in [5.74, 6) is 0.227. The minimum Gasteiger partial charge on any atom is -0.354 e. The Labute approximate surface area is 231 Å². The maximum atomic E-state index is 13.7. The van der Waals surface area contributed by atoms with Crippen LogP contribution in [0.1, 0.15) is 61.8 Å². The molecular formula is C31H36Cl2N2O2. The molecule has 0 radical (unpaired) electrons. The lowest BCUT2D eigenvalue weighted by Crippen LogP contribution is -2.50. The van der Waals surface area contributed by atoms with Gasteiger partial charge in [0, 0.05) is 25.9 Å². The molecule has 1 atom stereocenters. The number of nitrogens with zero attached hydrogens (tertiary/aromatic N) is 1. The molecule has 3 aromatic rings. The summed E-state index contributed by atoms with van der Waals surface area (Å²) in [4.78, 5) is 28.8. The number of hydrogen-bond donors (Lipinski definition) is 1. The van der Waals surface area contributed by atoms with Crippen molar-refractivity contribution >= 4 is 35.0 Å². The molecule has 0 unspecified atom stereocenters. The molecule has 0 aliphatic rings. The molecule has 37 heavy (non-hydrogen) atoms. The Kier molecular flexibility index (Phi) is 11.0. The number of hydrogen-bond acceptors (Lipinski definition) is 2. The second-order valence-electron chi connectivity index (χ2n) is 9.66. The normalized spacial score (nSPS) is 11.8. The van der Waals surface area contributed by atoms with Gasteiger partial charge in [-0.3, -0.25) is 9.59 Å². The van der Waals surface area contributed by atoms with Gasteiger partial charge in [0.2, 0.25) is 11.8 Å². The summed E-state index contributed by atoms with van der Waals surface area (Å²) in [6.45, 7) is 7.15. The van der Waals surface area contributed by atoms with E-state index in [1.807, 2.05) is 43.3 Å². The first-order valence-corrected chi connectivity index (χ1v) is 13.7. The van der Waals surface area contributed by atoms with Gasteiger partial charge >= 0.3 is 0 Å². The summed E-state index contributed by atoms with van der Waals surface area (Å²) in [7, 11) is 0. The zero-order valence-electron chi connectivity index (χ0n) is 21.8. The predicted molar refractivity (Wildman–Crippen MR) is 153 cm³/mol. The second kappa shape index (κ2) is 14.2. The molecular weight excluding hydrogens is 503 g/mol. The largest absolute Gasteiger partial charge is 0.354 e. The summed E-state index contributed by atoms with van der Waals surface area (Å²) in [6.07, 6.45) is 2.14. The summed E-state index contributed by atoms with van der Waals surface area (Å²) >= 11 is 12.4. The van der Waals surface area contributed by atoms with E-state index in [0.717, 1.165) is 23.1 Å². The van der Waals surface area contributed by atoms with Crippen LogP contribution < -0.4 is 5.32 Å². The molecule has 0 heterocycles. The van der Waals surface area contributed by atoms with E-state index in [2.05, 4.69) is 43.4 Å². The van der Waals surface area contributed by atoms with E-state index in [1.165, 1.54) is 5.56 Å². The van der Waals surface area contributed by atoms with Crippen molar-refractivity contribution in [1.82, 2.24) is 10.2 Å². The fourth-order valence-electron chi connectivity index (χ4n) is 4.22. The minimum absolute atomic E-state index is 0.0772. The maximum Gasteiger partial charge on any atom is 0.243 e. The standard InChI is InChI=1S/C31H36Cl2N2O2/c1-4-18-34-31(37)29(20-24-8-6-5-7-9-24)35(21-25-12-16-27(32)28(33)19-25)30(36)17-13-23-10-14-26(15-11-23)22(2)3/h5-12,14-16,19,22,29H,4,13,17-18,20-21H2,1-3H3,(H,34,37)/t29-/m1/s1. The number of nitrogens with one attached hydrogen (secondary N) is 1. The van der Waals surface area contributed by atoms with E-state index in [4.69, 9.17) is 23.2 Å². The topological polar surface area (TPSA) is 49.4 Å². The van der Waals surface area contributed by atoms with Crippen LogP contribution in [0.25, 0.3) is 0 Å². The third kappa shape index (κ3) is 8.62. The van der Waals surface area contributed by atoms with Crippen molar-refractivity contribution in [2.24, 2.45) is 0 Å². The number of aryl methyl sites for hydroxylation is 1. The number of halogens is 2. The summed E-state index contributed by atoms with van der Waals surface area (Å²) in [6, 6.07) is 22.9. The van der Waals surface area contributed by atoms with Gasteiger partial charge in [0.25, 0.3) is 0 Å². The van der Waals surface area contributed by atoms with Gasteiger partial charge in [-0.15, -0.1) is 0 Å². The molecule has 0 bridgehead atoms. The van der Waals surface area contributed by atoms with E-state index in [-0.39, 0.29) is 18.4 Å². The molecule has 0 fully saturated rings. The quantitative estimate of drug-likeness (QED) is 0.264. The van der Waals surface area contributed by atoms with Crippen molar-refractivity contribution < 1.29 is 9.59 Å². The lowest BCUT2D eigenvalue weighted by Gasteiger charge is -2.32. The first-order valence-electron chi connectivity index (χ1n) is 12.9. The SMILES string of the molecule is CCCNC(=O)[C@@H](Cc1ccccc1)N(Cc1ccc(Cl)c(Cl)c1)C(=O)CCc1ccc(C(C)C)cc1. The number of carbonyl (C=O) groups is 2. The van der Waals surface area contributed by atoms with Gasteiger partial charge in [-0.05, 0) is 53.1 Å². The molecule has 0 aliphatic heterocycles. The molecule has 3 rings (SSSR count). The summed E-state index contributed by atoms with van der Waals surface area (Å²) in [5, 5.41) is 3.88. The fourth-order valence-corrected chi connectivity index (χ4v) is 4.54. The molecule has 2 amide bonds. The van der Waals surface area contributed by atoms with Crippen molar-refractivity contribution in [3.05, 3.63) is 105 Å². The van der Waals surface area contributed by atoms with Crippen molar-refractivity contribution in [2.45, 2.75) is 65.0 Å². The van der Waals surface area contributed by atoms with E-state index >= 15 is 0 Å². The maximum absolute atomic E-state index is 13.7. The van der Waals surface area contributed by atoms with E-state index in [9.17, 15) is 9.59 Å². The fraction of sp³-hybridized carbons (Fsp3) is 0.355. The van der Waals surface area contributed by atoms with Crippen molar-refractivity contribution in [3.8, 4) is 0 Å². The van der Waals surface area contributed by atoms with Gasteiger partial charge in [-0.2, -0.15) is 0 Å². The van der Waals surface area contributed by atoms with Crippen LogP contribution in [0.5, 0.6) is 0 Å². The highest BCUT2D eigenvalue weighted by atomic mass is 35.5. The van der Waals surface area contributed by atoms with E-state index in [1.54, 1.807) is 17.0 Å².